The minimum Gasteiger partial charge on any atom is -0.493 e. The van der Waals surface area contributed by atoms with Gasteiger partial charge in [0.25, 0.3) is 0 Å². The highest BCUT2D eigenvalue weighted by Gasteiger charge is 2.37. The maximum absolute atomic E-state index is 9.57. The van der Waals surface area contributed by atoms with E-state index >= 15 is 0 Å². The fourth-order valence-corrected chi connectivity index (χ4v) is 2.23. The van der Waals surface area contributed by atoms with Gasteiger partial charge in [-0.25, -0.2) is 0 Å². The van der Waals surface area contributed by atoms with E-state index in [9.17, 15) is 5.26 Å². The summed E-state index contributed by atoms with van der Waals surface area (Å²) in [7, 11) is 4.05. The van der Waals surface area contributed by atoms with Crippen molar-refractivity contribution in [2.24, 2.45) is 0 Å². The van der Waals surface area contributed by atoms with Gasteiger partial charge in [-0.15, -0.1) is 0 Å². The molecule has 0 aromatic heterocycles. The summed E-state index contributed by atoms with van der Waals surface area (Å²) in [6.45, 7) is 2.28. The van der Waals surface area contributed by atoms with E-state index in [0.29, 0.717) is 13.0 Å². The molecular weight excluding hydrogens is 226 g/mol. The van der Waals surface area contributed by atoms with Crippen LogP contribution >= 0.6 is 0 Å². The van der Waals surface area contributed by atoms with E-state index in [4.69, 9.17) is 4.74 Å². The average Bonchev–Trinajstić information content (AvgIpc) is 2.38. The molecule has 1 N–H and O–H groups in total. The SMILES string of the molecule is CN(C)CCNC1(C#N)CCOc2ccccc21. The molecule has 0 amide bonds. The Hall–Kier alpha value is -1.57. The number of hydrogen-bond donors (Lipinski definition) is 1. The molecule has 1 aliphatic heterocycles. The molecule has 4 heteroatoms. The number of ether oxygens (including phenoxy) is 1. The van der Waals surface area contributed by atoms with Crippen LogP contribution in [-0.4, -0.2) is 38.7 Å². The summed E-state index contributed by atoms with van der Waals surface area (Å²) in [5.74, 6) is 0.822. The predicted octanol–water partition coefficient (Wildman–Crippen LogP) is 1.34. The molecule has 0 aliphatic carbocycles. The summed E-state index contributed by atoms with van der Waals surface area (Å²) >= 11 is 0. The number of nitrogens with one attached hydrogen (secondary N) is 1. The molecule has 0 spiro atoms. The molecule has 1 aliphatic rings. The van der Waals surface area contributed by atoms with Gasteiger partial charge in [-0.3, -0.25) is 5.32 Å². The fourth-order valence-electron chi connectivity index (χ4n) is 2.23. The number of benzene rings is 1. The third-order valence-electron chi connectivity index (χ3n) is 3.26. The maximum Gasteiger partial charge on any atom is 0.139 e. The molecule has 0 saturated heterocycles. The number of para-hydroxylation sites is 1. The Bertz CT molecular complexity index is 453. The second kappa shape index (κ2) is 5.38. The topological polar surface area (TPSA) is 48.3 Å². The van der Waals surface area contributed by atoms with Gasteiger partial charge in [-0.1, -0.05) is 18.2 Å². The molecule has 18 heavy (non-hydrogen) atoms. The van der Waals surface area contributed by atoms with Crippen molar-refractivity contribution < 1.29 is 4.74 Å². The molecule has 4 nitrogen and oxygen atoms in total. The van der Waals surface area contributed by atoms with Crippen LogP contribution in [-0.2, 0) is 5.54 Å². The van der Waals surface area contributed by atoms with Gasteiger partial charge >= 0.3 is 0 Å². The number of hydrogen-bond acceptors (Lipinski definition) is 4. The van der Waals surface area contributed by atoms with Crippen molar-refractivity contribution in [2.75, 3.05) is 33.8 Å². The number of likely N-dealkylation sites (N-methyl/N-ethyl adjacent to an activating group) is 1. The van der Waals surface area contributed by atoms with E-state index in [0.717, 1.165) is 24.4 Å². The van der Waals surface area contributed by atoms with E-state index in [1.54, 1.807) is 0 Å². The largest absolute Gasteiger partial charge is 0.493 e. The molecule has 1 unspecified atom stereocenters. The van der Waals surface area contributed by atoms with Gasteiger partial charge < -0.3 is 9.64 Å². The Morgan fingerprint density at radius 1 is 1.44 bits per heavy atom. The number of nitrogens with zero attached hydrogens (tertiary/aromatic N) is 2. The van der Waals surface area contributed by atoms with Crippen LogP contribution in [0.4, 0.5) is 0 Å². The molecule has 1 atom stereocenters. The van der Waals surface area contributed by atoms with Gasteiger partial charge in [0, 0.05) is 25.1 Å². The summed E-state index contributed by atoms with van der Waals surface area (Å²) in [5.41, 5.74) is 0.350. The van der Waals surface area contributed by atoms with Gasteiger partial charge in [0.1, 0.15) is 11.3 Å². The van der Waals surface area contributed by atoms with Crippen LogP contribution in [0.5, 0.6) is 5.75 Å². The van der Waals surface area contributed by atoms with Crippen LogP contribution in [0, 0.1) is 11.3 Å². The minimum absolute atomic E-state index is 0.583. The zero-order valence-electron chi connectivity index (χ0n) is 10.9. The molecule has 1 heterocycles. The van der Waals surface area contributed by atoms with E-state index in [2.05, 4.69) is 16.3 Å². The van der Waals surface area contributed by atoms with Crippen molar-refractivity contribution >= 4 is 0 Å². The first kappa shape index (κ1) is 12.9. The molecule has 0 fully saturated rings. The van der Waals surface area contributed by atoms with Crippen LogP contribution in [0.25, 0.3) is 0 Å². The molecule has 1 aromatic carbocycles. The van der Waals surface area contributed by atoms with Crippen molar-refractivity contribution in [3.05, 3.63) is 29.8 Å². The van der Waals surface area contributed by atoms with Crippen LogP contribution in [0.15, 0.2) is 24.3 Å². The molecule has 0 saturated carbocycles. The summed E-state index contributed by atoms with van der Waals surface area (Å²) in [6.07, 6.45) is 0.688. The second-order valence-corrected chi connectivity index (χ2v) is 4.84. The highest BCUT2D eigenvalue weighted by atomic mass is 16.5. The van der Waals surface area contributed by atoms with Gasteiger partial charge in [-0.2, -0.15) is 5.26 Å². The van der Waals surface area contributed by atoms with Gasteiger partial charge in [0.2, 0.25) is 0 Å². The Morgan fingerprint density at radius 2 is 2.22 bits per heavy atom. The lowest BCUT2D eigenvalue weighted by Gasteiger charge is -2.34. The van der Waals surface area contributed by atoms with Crippen LogP contribution in [0.3, 0.4) is 0 Å². The highest BCUT2D eigenvalue weighted by Crippen LogP contribution is 2.36. The van der Waals surface area contributed by atoms with E-state index in [-0.39, 0.29) is 0 Å². The van der Waals surface area contributed by atoms with Crippen molar-refractivity contribution in [1.82, 2.24) is 10.2 Å². The molecule has 0 radical (unpaired) electrons. The monoisotopic (exact) mass is 245 g/mol. The first-order valence-corrected chi connectivity index (χ1v) is 6.21. The molecule has 96 valence electrons. The van der Waals surface area contributed by atoms with E-state index in [1.807, 2.05) is 38.4 Å². The first-order chi connectivity index (χ1) is 8.68. The molecule has 2 rings (SSSR count). The van der Waals surface area contributed by atoms with Crippen LogP contribution in [0.2, 0.25) is 0 Å². The fraction of sp³-hybridized carbons (Fsp3) is 0.500. The van der Waals surface area contributed by atoms with E-state index < -0.39 is 5.54 Å². The minimum atomic E-state index is -0.606. The Morgan fingerprint density at radius 3 is 2.94 bits per heavy atom. The predicted molar refractivity (Wildman–Crippen MR) is 70.4 cm³/mol. The number of nitriles is 1. The molecule has 1 aromatic rings. The van der Waals surface area contributed by atoms with Gasteiger partial charge in [0.15, 0.2) is 0 Å². The number of rotatable bonds is 4. The van der Waals surface area contributed by atoms with Crippen molar-refractivity contribution in [2.45, 2.75) is 12.0 Å². The van der Waals surface area contributed by atoms with E-state index in [1.165, 1.54) is 0 Å². The van der Waals surface area contributed by atoms with Crippen molar-refractivity contribution in [3.8, 4) is 11.8 Å². The highest BCUT2D eigenvalue weighted by molar-refractivity contribution is 5.44. The summed E-state index contributed by atoms with van der Waals surface area (Å²) < 4.78 is 5.61. The normalized spacial score (nSPS) is 22.1. The second-order valence-electron chi connectivity index (χ2n) is 4.84. The third kappa shape index (κ3) is 2.47. The lowest BCUT2D eigenvalue weighted by atomic mass is 9.86. The quantitative estimate of drug-likeness (QED) is 0.869. The van der Waals surface area contributed by atoms with Crippen molar-refractivity contribution in [3.63, 3.8) is 0 Å². The zero-order valence-corrected chi connectivity index (χ0v) is 10.9. The summed E-state index contributed by atoms with van der Waals surface area (Å²) in [5, 5.41) is 13.0. The van der Waals surface area contributed by atoms with Crippen molar-refractivity contribution in [1.29, 1.82) is 5.26 Å². The smallest absolute Gasteiger partial charge is 0.139 e. The Labute approximate surface area is 108 Å². The standard InChI is InChI=1S/C14H19N3O/c1-17(2)9-8-16-14(11-15)7-10-18-13-6-4-3-5-12(13)14/h3-6,16H,7-10H2,1-2H3. The average molecular weight is 245 g/mol. The summed E-state index contributed by atoms with van der Waals surface area (Å²) in [6, 6.07) is 10.2. The van der Waals surface area contributed by atoms with Crippen LogP contribution in [0.1, 0.15) is 12.0 Å². The summed E-state index contributed by atoms with van der Waals surface area (Å²) in [4.78, 5) is 2.10. The lowest BCUT2D eigenvalue weighted by Crippen LogP contribution is -2.47. The first-order valence-electron chi connectivity index (χ1n) is 6.21. The van der Waals surface area contributed by atoms with Crippen LogP contribution < -0.4 is 10.1 Å². The third-order valence-corrected chi connectivity index (χ3v) is 3.26. The maximum atomic E-state index is 9.57. The molecule has 0 bridgehead atoms. The Kier molecular flexibility index (Phi) is 3.85. The van der Waals surface area contributed by atoms with Gasteiger partial charge in [0.05, 0.1) is 12.7 Å². The zero-order chi connectivity index (χ0) is 13.0. The van der Waals surface area contributed by atoms with Gasteiger partial charge in [-0.05, 0) is 20.2 Å². The Balaban J connectivity index is 2.21. The molecular formula is C14H19N3O. The number of fused-ring (bicyclic) bond motifs is 1. The lowest BCUT2D eigenvalue weighted by molar-refractivity contribution is 0.216.